The summed E-state index contributed by atoms with van der Waals surface area (Å²) in [5.41, 5.74) is 5.74. The monoisotopic (exact) mass is 229 g/mol. The van der Waals surface area contributed by atoms with Crippen molar-refractivity contribution in [2.75, 3.05) is 0 Å². The molecule has 0 saturated heterocycles. The van der Waals surface area contributed by atoms with Crippen molar-refractivity contribution in [2.45, 2.75) is 24.0 Å². The third-order valence-corrected chi connectivity index (χ3v) is 2.89. The van der Waals surface area contributed by atoms with E-state index in [9.17, 15) is 4.79 Å². The molecule has 0 aliphatic carbocycles. The van der Waals surface area contributed by atoms with Crippen molar-refractivity contribution in [3.05, 3.63) is 28.8 Å². The van der Waals surface area contributed by atoms with Crippen LogP contribution < -0.4 is 5.73 Å². The molecule has 0 aliphatic rings. The molecule has 1 rings (SSSR count). The molecule has 4 heteroatoms. The molecule has 0 atom stereocenters. The number of amides is 1. The molecule has 0 aromatic heterocycles. The fourth-order valence-electron chi connectivity index (χ4n) is 1.05. The quantitative estimate of drug-likeness (QED) is 0.810. The Labute approximate surface area is 92.8 Å². The minimum absolute atomic E-state index is 0.411. The Hall–Kier alpha value is -0.670. The van der Waals surface area contributed by atoms with Crippen LogP contribution in [0, 0.1) is 0 Å². The van der Waals surface area contributed by atoms with E-state index in [-0.39, 0.29) is 0 Å². The van der Waals surface area contributed by atoms with Gasteiger partial charge in [-0.25, -0.2) is 0 Å². The van der Waals surface area contributed by atoms with Crippen LogP contribution in [0.25, 0.3) is 0 Å². The van der Waals surface area contributed by atoms with Crippen LogP contribution in [-0.2, 0) is 0 Å². The highest BCUT2D eigenvalue weighted by Gasteiger charge is 2.10. The fraction of sp³-hybridized carbons (Fsp3) is 0.300. The Kier molecular flexibility index (Phi) is 3.84. The van der Waals surface area contributed by atoms with Crippen LogP contribution in [0.5, 0.6) is 0 Å². The van der Waals surface area contributed by atoms with Crippen molar-refractivity contribution in [1.82, 2.24) is 0 Å². The Morgan fingerprint density at radius 1 is 1.50 bits per heavy atom. The molecule has 1 aromatic rings. The number of benzene rings is 1. The molecule has 0 unspecified atom stereocenters. The first-order valence-corrected chi connectivity index (χ1v) is 5.52. The summed E-state index contributed by atoms with van der Waals surface area (Å²) in [6, 6.07) is 5.19. The topological polar surface area (TPSA) is 43.1 Å². The van der Waals surface area contributed by atoms with E-state index < -0.39 is 5.91 Å². The molecule has 0 spiro atoms. The predicted octanol–water partition coefficient (Wildman–Crippen LogP) is 2.94. The Bertz CT molecular complexity index is 352. The molecule has 1 amide bonds. The van der Waals surface area contributed by atoms with Gasteiger partial charge in [0.05, 0.1) is 5.56 Å². The number of carbonyl (C=O) groups is 1. The summed E-state index contributed by atoms with van der Waals surface area (Å²) < 4.78 is 0. The molecule has 76 valence electrons. The van der Waals surface area contributed by atoms with Crippen LogP contribution in [0.2, 0.25) is 5.02 Å². The first-order chi connectivity index (χ1) is 6.50. The smallest absolute Gasteiger partial charge is 0.249 e. The van der Waals surface area contributed by atoms with Crippen LogP contribution in [0.3, 0.4) is 0 Å². The van der Waals surface area contributed by atoms with Gasteiger partial charge in [-0.3, -0.25) is 4.79 Å². The first-order valence-electron chi connectivity index (χ1n) is 4.26. The molecule has 2 nitrogen and oxygen atoms in total. The van der Waals surface area contributed by atoms with Crippen LogP contribution in [0.1, 0.15) is 24.2 Å². The summed E-state index contributed by atoms with van der Waals surface area (Å²) in [5, 5.41) is 0.946. The zero-order valence-corrected chi connectivity index (χ0v) is 9.65. The molecule has 0 saturated carbocycles. The normalized spacial score (nSPS) is 10.6. The van der Waals surface area contributed by atoms with E-state index >= 15 is 0 Å². The number of hydrogen-bond acceptors (Lipinski definition) is 2. The van der Waals surface area contributed by atoms with E-state index in [4.69, 9.17) is 17.3 Å². The van der Waals surface area contributed by atoms with Crippen LogP contribution in [-0.4, -0.2) is 11.2 Å². The highest BCUT2D eigenvalue weighted by Crippen LogP contribution is 2.28. The highest BCUT2D eigenvalue weighted by molar-refractivity contribution is 8.00. The van der Waals surface area contributed by atoms with Crippen LogP contribution in [0.4, 0.5) is 0 Å². The Balaban J connectivity index is 3.08. The summed E-state index contributed by atoms with van der Waals surface area (Å²) in [5.74, 6) is -0.435. The van der Waals surface area contributed by atoms with Gasteiger partial charge in [-0.05, 0) is 18.2 Å². The third kappa shape index (κ3) is 2.93. The van der Waals surface area contributed by atoms with Gasteiger partial charge in [0.2, 0.25) is 5.91 Å². The van der Waals surface area contributed by atoms with Gasteiger partial charge in [-0.15, -0.1) is 11.8 Å². The largest absolute Gasteiger partial charge is 0.366 e. The second-order valence-corrected chi connectivity index (χ2v) is 5.23. The van der Waals surface area contributed by atoms with Crippen LogP contribution in [0.15, 0.2) is 23.1 Å². The minimum Gasteiger partial charge on any atom is -0.366 e. The molecule has 0 bridgehead atoms. The average molecular weight is 230 g/mol. The minimum atomic E-state index is -0.435. The van der Waals surface area contributed by atoms with E-state index in [1.165, 1.54) is 0 Å². The van der Waals surface area contributed by atoms with E-state index in [0.717, 1.165) is 4.90 Å². The molecule has 0 aliphatic heterocycles. The molecule has 2 N–H and O–H groups in total. The number of primary amides is 1. The van der Waals surface area contributed by atoms with E-state index in [0.29, 0.717) is 15.8 Å². The van der Waals surface area contributed by atoms with Crippen molar-refractivity contribution in [3.8, 4) is 0 Å². The summed E-state index contributed by atoms with van der Waals surface area (Å²) in [6.45, 7) is 4.12. The second-order valence-electron chi connectivity index (χ2n) is 3.17. The number of nitrogens with two attached hydrogens (primary N) is 1. The fourth-order valence-corrected chi connectivity index (χ4v) is 2.16. The van der Waals surface area contributed by atoms with E-state index in [2.05, 4.69) is 13.8 Å². The van der Waals surface area contributed by atoms with Crippen molar-refractivity contribution < 1.29 is 4.79 Å². The molecule has 0 fully saturated rings. The number of halogens is 1. The van der Waals surface area contributed by atoms with E-state index in [1.807, 2.05) is 6.07 Å². The standard InChI is InChI=1S/C10H12ClNOS/c1-6(2)14-9-4-3-7(11)5-8(9)10(12)13/h3-6H,1-2H3,(H2,12,13). The maximum Gasteiger partial charge on any atom is 0.249 e. The van der Waals surface area contributed by atoms with Crippen molar-refractivity contribution in [1.29, 1.82) is 0 Å². The van der Waals surface area contributed by atoms with Crippen LogP contribution >= 0.6 is 23.4 Å². The zero-order chi connectivity index (χ0) is 10.7. The zero-order valence-electron chi connectivity index (χ0n) is 8.08. The van der Waals surface area contributed by atoms with Gasteiger partial charge in [-0.2, -0.15) is 0 Å². The Morgan fingerprint density at radius 3 is 2.64 bits per heavy atom. The summed E-state index contributed by atoms with van der Waals surface area (Å²) in [6.07, 6.45) is 0. The molecular formula is C10H12ClNOS. The second kappa shape index (κ2) is 4.71. The first kappa shape index (κ1) is 11.4. The molecular weight excluding hydrogens is 218 g/mol. The summed E-state index contributed by atoms with van der Waals surface area (Å²) >= 11 is 7.38. The molecule has 0 heterocycles. The molecule has 14 heavy (non-hydrogen) atoms. The average Bonchev–Trinajstić information content (AvgIpc) is 2.07. The lowest BCUT2D eigenvalue weighted by Gasteiger charge is -2.08. The number of rotatable bonds is 3. The van der Waals surface area contributed by atoms with Crippen molar-refractivity contribution in [2.24, 2.45) is 5.73 Å². The van der Waals surface area contributed by atoms with Crippen molar-refractivity contribution in [3.63, 3.8) is 0 Å². The number of hydrogen-bond donors (Lipinski definition) is 1. The number of thioether (sulfide) groups is 1. The summed E-state index contributed by atoms with van der Waals surface area (Å²) in [7, 11) is 0. The molecule has 0 radical (unpaired) electrons. The predicted molar refractivity (Wildman–Crippen MR) is 61.0 cm³/mol. The van der Waals surface area contributed by atoms with Gasteiger partial charge in [-0.1, -0.05) is 25.4 Å². The van der Waals surface area contributed by atoms with Gasteiger partial charge in [0.15, 0.2) is 0 Å². The highest BCUT2D eigenvalue weighted by atomic mass is 35.5. The molecule has 1 aromatic carbocycles. The lowest BCUT2D eigenvalue weighted by atomic mass is 10.2. The van der Waals surface area contributed by atoms with Gasteiger partial charge in [0.1, 0.15) is 0 Å². The number of carbonyl (C=O) groups excluding carboxylic acids is 1. The third-order valence-electron chi connectivity index (χ3n) is 1.57. The van der Waals surface area contributed by atoms with Gasteiger partial charge < -0.3 is 5.73 Å². The lowest BCUT2D eigenvalue weighted by molar-refractivity contribution is 0.0997. The maximum atomic E-state index is 11.1. The van der Waals surface area contributed by atoms with Gasteiger partial charge in [0.25, 0.3) is 0 Å². The Morgan fingerprint density at radius 2 is 2.14 bits per heavy atom. The van der Waals surface area contributed by atoms with Gasteiger partial charge >= 0.3 is 0 Å². The lowest BCUT2D eigenvalue weighted by Crippen LogP contribution is -2.12. The van der Waals surface area contributed by atoms with Crippen molar-refractivity contribution >= 4 is 29.3 Å². The van der Waals surface area contributed by atoms with Gasteiger partial charge in [0, 0.05) is 15.2 Å². The van der Waals surface area contributed by atoms with E-state index in [1.54, 1.807) is 23.9 Å². The maximum absolute atomic E-state index is 11.1. The summed E-state index contributed by atoms with van der Waals surface area (Å²) in [4.78, 5) is 12.0. The SMILES string of the molecule is CC(C)Sc1ccc(Cl)cc1C(N)=O.